The molecular formula is C23H15Br3ClN4O2S+. The molecule has 0 saturated carbocycles. The van der Waals surface area contributed by atoms with Crippen molar-refractivity contribution in [3.05, 3.63) is 94.5 Å². The van der Waals surface area contributed by atoms with Gasteiger partial charge in [0.05, 0.1) is 25.8 Å². The average Bonchev–Trinajstić information content (AvgIpc) is 2.82. The maximum Gasteiger partial charge on any atom is 0.325 e. The summed E-state index contributed by atoms with van der Waals surface area (Å²) in [7, 11) is 0. The number of anilines is 1. The molecule has 11 heteroatoms. The second kappa shape index (κ2) is 9.66. The first-order chi connectivity index (χ1) is 16.3. The third kappa shape index (κ3) is 4.30. The number of phenols is 1. The molecule has 1 aromatic heterocycles. The van der Waals surface area contributed by atoms with E-state index in [2.05, 4.69) is 58.1 Å². The quantitative estimate of drug-likeness (QED) is 0.166. The summed E-state index contributed by atoms with van der Waals surface area (Å²) >= 11 is 18.2. The Bertz CT molecular complexity index is 1500. The van der Waals surface area contributed by atoms with Gasteiger partial charge in [0.2, 0.25) is 5.16 Å². The molecule has 5 rings (SSSR count). The molecule has 0 unspecified atom stereocenters. The number of benzene rings is 3. The molecule has 0 saturated heterocycles. The first kappa shape index (κ1) is 23.9. The fraction of sp³-hybridized carbons (Fsp3) is 0.0870. The maximum atomic E-state index is 13.3. The minimum absolute atomic E-state index is 0.0548. The van der Waals surface area contributed by atoms with Crippen LogP contribution >= 0.6 is 71.2 Å². The molecule has 172 valence electrons. The lowest BCUT2D eigenvalue weighted by molar-refractivity contribution is -0.759. The Labute approximate surface area is 229 Å². The van der Waals surface area contributed by atoms with Gasteiger partial charge in [-0.25, -0.2) is 0 Å². The minimum Gasteiger partial charge on any atom is -0.506 e. The second-order valence-electron chi connectivity index (χ2n) is 7.44. The van der Waals surface area contributed by atoms with Crippen LogP contribution in [-0.4, -0.2) is 15.2 Å². The number of thioether (sulfide) groups is 1. The molecule has 1 aliphatic rings. The van der Waals surface area contributed by atoms with Crippen molar-refractivity contribution in [2.45, 2.75) is 17.1 Å². The van der Waals surface area contributed by atoms with E-state index in [1.807, 2.05) is 48.5 Å². The number of fused-ring (bicyclic) bond motifs is 3. The Kier molecular flexibility index (Phi) is 6.78. The standard InChI is InChI=1S/C23H14Br3ClN4O2S/c24-13-9-14(25)20(32)18(26)17(13)21-28-16-8-4-2-6-12(16)19-22(33)29-23(30-31(19)21)34-10-11-5-1-3-7-15(11)27/h1-9,21H,10H2,(H2,29,30,32,33)/p+1/t21-/m1/s1. The summed E-state index contributed by atoms with van der Waals surface area (Å²) in [6.07, 6.45) is -0.574. The van der Waals surface area contributed by atoms with Crippen LogP contribution in [0.3, 0.4) is 0 Å². The molecule has 1 atom stereocenters. The highest BCUT2D eigenvalue weighted by atomic mass is 79.9. The van der Waals surface area contributed by atoms with E-state index in [9.17, 15) is 9.90 Å². The van der Waals surface area contributed by atoms with Crippen LogP contribution in [0.4, 0.5) is 5.69 Å². The number of para-hydroxylation sites is 1. The number of aromatic nitrogens is 3. The van der Waals surface area contributed by atoms with Crippen LogP contribution in [0, 0.1) is 0 Å². The van der Waals surface area contributed by atoms with Gasteiger partial charge in [0.1, 0.15) is 5.75 Å². The molecule has 0 amide bonds. The zero-order chi connectivity index (χ0) is 24.0. The van der Waals surface area contributed by atoms with E-state index in [0.29, 0.717) is 36.1 Å². The fourth-order valence-corrected chi connectivity index (χ4v) is 7.45. The highest BCUT2D eigenvalue weighted by Crippen LogP contribution is 2.44. The first-order valence-corrected chi connectivity index (χ1v) is 13.7. The number of hydrogen-bond acceptors (Lipinski definition) is 5. The third-order valence-electron chi connectivity index (χ3n) is 5.36. The normalized spacial score (nSPS) is 14.3. The predicted octanol–water partition coefficient (Wildman–Crippen LogP) is 6.64. The molecule has 4 aromatic rings. The van der Waals surface area contributed by atoms with Crippen molar-refractivity contribution in [1.82, 2.24) is 10.1 Å². The van der Waals surface area contributed by atoms with Crippen molar-refractivity contribution in [2.24, 2.45) is 0 Å². The molecule has 0 spiro atoms. The summed E-state index contributed by atoms with van der Waals surface area (Å²) < 4.78 is 3.41. The summed E-state index contributed by atoms with van der Waals surface area (Å²) in [5, 5.41) is 19.9. The van der Waals surface area contributed by atoms with Gasteiger partial charge in [0.15, 0.2) is 0 Å². The number of aromatic amines is 1. The Morgan fingerprint density at radius 3 is 2.62 bits per heavy atom. The highest BCUT2D eigenvalue weighted by molar-refractivity contribution is 9.11. The van der Waals surface area contributed by atoms with Crippen LogP contribution in [0.15, 0.2) is 78.0 Å². The summed E-state index contributed by atoms with van der Waals surface area (Å²) in [5.41, 5.74) is 3.33. The van der Waals surface area contributed by atoms with Crippen LogP contribution in [0.5, 0.6) is 5.75 Å². The lowest BCUT2D eigenvalue weighted by Crippen LogP contribution is -2.55. The van der Waals surface area contributed by atoms with E-state index in [0.717, 1.165) is 21.3 Å². The van der Waals surface area contributed by atoms with E-state index in [1.165, 1.54) is 11.8 Å². The summed E-state index contributed by atoms with van der Waals surface area (Å²) in [4.78, 5) is 16.2. The lowest BCUT2D eigenvalue weighted by atomic mass is 10.0. The van der Waals surface area contributed by atoms with Crippen LogP contribution in [0.2, 0.25) is 5.02 Å². The minimum atomic E-state index is -0.574. The summed E-state index contributed by atoms with van der Waals surface area (Å²) in [6, 6.07) is 16.9. The molecular weight excluding hydrogens is 672 g/mol. The van der Waals surface area contributed by atoms with Gasteiger partial charge in [-0.05, 0) is 66.4 Å². The SMILES string of the molecule is O=c1[nH]c(SCc2ccccc2Cl)n[n+]2c1-c1ccccc1N[C@H]2c1c(Br)cc(Br)c(O)c1Br. The van der Waals surface area contributed by atoms with E-state index >= 15 is 0 Å². The lowest BCUT2D eigenvalue weighted by Gasteiger charge is -2.24. The smallest absolute Gasteiger partial charge is 0.325 e. The largest absolute Gasteiger partial charge is 0.506 e. The van der Waals surface area contributed by atoms with Gasteiger partial charge in [0.25, 0.3) is 6.17 Å². The number of nitrogens with zero attached hydrogens (tertiary/aromatic N) is 2. The number of H-pyrrole nitrogens is 1. The number of nitrogens with one attached hydrogen (secondary N) is 2. The van der Waals surface area contributed by atoms with E-state index in [-0.39, 0.29) is 11.3 Å². The molecule has 1 aliphatic heterocycles. The van der Waals surface area contributed by atoms with Gasteiger partial charge in [-0.15, -0.1) is 0 Å². The molecule has 3 aromatic carbocycles. The number of rotatable bonds is 4. The maximum absolute atomic E-state index is 13.3. The van der Waals surface area contributed by atoms with Crippen LogP contribution in [0.1, 0.15) is 17.3 Å². The zero-order valence-electron chi connectivity index (χ0n) is 17.2. The molecule has 0 fully saturated rings. The van der Waals surface area contributed by atoms with Crippen LogP contribution in [0.25, 0.3) is 11.3 Å². The third-order valence-corrected chi connectivity index (χ3v) is 8.70. The van der Waals surface area contributed by atoms with Gasteiger partial charge < -0.3 is 10.4 Å². The van der Waals surface area contributed by atoms with Crippen LogP contribution < -0.4 is 15.6 Å². The topological polar surface area (TPSA) is 81.9 Å². The van der Waals surface area contributed by atoms with Crippen molar-refractivity contribution >= 4 is 76.8 Å². The molecule has 34 heavy (non-hydrogen) atoms. The number of hydrogen-bond donors (Lipinski definition) is 3. The van der Waals surface area contributed by atoms with Crippen molar-refractivity contribution in [1.29, 1.82) is 0 Å². The predicted molar refractivity (Wildman–Crippen MR) is 144 cm³/mol. The molecule has 0 bridgehead atoms. The van der Waals surface area contributed by atoms with Gasteiger partial charge in [-0.3, -0.25) is 9.78 Å². The molecule has 0 aliphatic carbocycles. The van der Waals surface area contributed by atoms with Gasteiger partial charge in [-0.1, -0.05) is 69.6 Å². The van der Waals surface area contributed by atoms with Crippen molar-refractivity contribution in [3.8, 4) is 17.0 Å². The Hall–Kier alpha value is -1.85. The Morgan fingerprint density at radius 1 is 1.09 bits per heavy atom. The molecule has 0 radical (unpaired) electrons. The van der Waals surface area contributed by atoms with Crippen molar-refractivity contribution in [2.75, 3.05) is 5.32 Å². The summed E-state index contributed by atoms with van der Waals surface area (Å²) in [6.45, 7) is 0. The number of aromatic hydroxyl groups is 1. The van der Waals surface area contributed by atoms with E-state index in [4.69, 9.17) is 16.7 Å². The average molecular weight is 687 g/mol. The number of halogens is 4. The van der Waals surface area contributed by atoms with Crippen molar-refractivity contribution in [3.63, 3.8) is 0 Å². The Balaban J connectivity index is 1.66. The number of phenolic OH excluding ortho intramolecular Hbond substituents is 1. The fourth-order valence-electron chi connectivity index (χ4n) is 3.76. The van der Waals surface area contributed by atoms with Gasteiger partial charge >= 0.3 is 11.3 Å². The molecule has 3 N–H and O–H groups in total. The van der Waals surface area contributed by atoms with Gasteiger partial charge in [0, 0.05) is 20.3 Å². The zero-order valence-corrected chi connectivity index (χ0v) is 23.5. The molecule has 6 nitrogen and oxygen atoms in total. The van der Waals surface area contributed by atoms with Crippen molar-refractivity contribution < 1.29 is 9.79 Å². The highest BCUT2D eigenvalue weighted by Gasteiger charge is 2.40. The van der Waals surface area contributed by atoms with E-state index < -0.39 is 6.17 Å². The monoisotopic (exact) mass is 683 g/mol. The van der Waals surface area contributed by atoms with E-state index in [1.54, 1.807) is 10.7 Å². The van der Waals surface area contributed by atoms with Crippen LogP contribution in [-0.2, 0) is 5.75 Å². The molecule has 2 heterocycles. The second-order valence-corrected chi connectivity index (χ2v) is 11.3. The van der Waals surface area contributed by atoms with Gasteiger partial charge in [-0.2, -0.15) is 0 Å². The summed E-state index contributed by atoms with van der Waals surface area (Å²) in [5.74, 6) is 0.600. The Morgan fingerprint density at radius 2 is 1.82 bits per heavy atom. The first-order valence-electron chi connectivity index (χ1n) is 9.99.